The molecule has 2 aliphatic heterocycles. The lowest BCUT2D eigenvalue weighted by Crippen LogP contribution is -2.52. The summed E-state index contributed by atoms with van der Waals surface area (Å²) in [5, 5.41) is 6.14. The smallest absolute Gasteiger partial charge is 0.405 e. The van der Waals surface area contributed by atoms with E-state index < -0.39 is 12.4 Å². The van der Waals surface area contributed by atoms with Crippen LogP contribution in [0.1, 0.15) is 19.3 Å². The lowest BCUT2D eigenvalue weighted by Gasteiger charge is -2.35. The average molecular weight is 511 g/mol. The zero-order valence-corrected chi connectivity index (χ0v) is 19.7. The molecule has 0 aliphatic carbocycles. The van der Waals surface area contributed by atoms with E-state index in [4.69, 9.17) is 11.6 Å². The Morgan fingerprint density at radius 3 is 2.63 bits per heavy atom. The van der Waals surface area contributed by atoms with Crippen LogP contribution < -0.4 is 15.4 Å². The number of amides is 2. The monoisotopic (exact) mass is 510 g/mol. The fourth-order valence-corrected chi connectivity index (χ4v) is 4.70. The molecule has 7 nitrogen and oxygen atoms in total. The van der Waals surface area contributed by atoms with Gasteiger partial charge in [0.2, 0.25) is 11.8 Å². The van der Waals surface area contributed by atoms with Crippen molar-refractivity contribution in [2.24, 2.45) is 0 Å². The number of rotatable bonds is 6. The van der Waals surface area contributed by atoms with Crippen molar-refractivity contribution in [2.45, 2.75) is 31.7 Å². The lowest BCUT2D eigenvalue weighted by molar-refractivity contribution is -0.274. The molecular formula is C24H26ClF3N4O3. The number of carbonyl (C=O) groups excluding carboxylic acids is 2. The number of hydrogen-bond acceptors (Lipinski definition) is 5. The first-order chi connectivity index (χ1) is 16.7. The highest BCUT2D eigenvalue weighted by Gasteiger charge is 2.34. The second-order valence-electron chi connectivity index (χ2n) is 8.54. The summed E-state index contributed by atoms with van der Waals surface area (Å²) in [6.07, 6.45) is -2.61. The summed E-state index contributed by atoms with van der Waals surface area (Å²) in [6, 6.07) is 9.68. The third-order valence-corrected chi connectivity index (χ3v) is 6.38. The Kier molecular flexibility index (Phi) is 7.83. The van der Waals surface area contributed by atoms with Crippen molar-refractivity contribution in [2.75, 3.05) is 38.2 Å². The van der Waals surface area contributed by atoms with E-state index in [0.717, 1.165) is 25.9 Å². The van der Waals surface area contributed by atoms with E-state index in [1.165, 1.54) is 30.3 Å². The molecule has 35 heavy (non-hydrogen) atoms. The van der Waals surface area contributed by atoms with E-state index in [1.54, 1.807) is 17.0 Å². The maximum atomic E-state index is 13.1. The lowest BCUT2D eigenvalue weighted by atomic mass is 10.0. The van der Waals surface area contributed by atoms with E-state index in [0.29, 0.717) is 30.9 Å². The average Bonchev–Trinajstić information content (AvgIpc) is 3.32. The fraction of sp³-hybridized carbons (Fsp3) is 0.417. The minimum atomic E-state index is -4.84. The van der Waals surface area contributed by atoms with Crippen molar-refractivity contribution >= 4 is 29.1 Å². The summed E-state index contributed by atoms with van der Waals surface area (Å²) in [7, 11) is 0. The molecule has 0 radical (unpaired) electrons. The number of carbonyl (C=O) groups is 2. The third kappa shape index (κ3) is 6.45. The quantitative estimate of drug-likeness (QED) is 0.612. The Morgan fingerprint density at radius 2 is 1.91 bits per heavy atom. The molecule has 1 atom stereocenters. The molecule has 2 heterocycles. The van der Waals surface area contributed by atoms with Gasteiger partial charge >= 0.3 is 6.36 Å². The first-order valence-electron chi connectivity index (χ1n) is 11.4. The van der Waals surface area contributed by atoms with Gasteiger partial charge in [-0.15, -0.1) is 13.2 Å². The predicted octanol–water partition coefficient (Wildman–Crippen LogP) is 4.09. The molecule has 4 rings (SSSR count). The van der Waals surface area contributed by atoms with Crippen LogP contribution in [0.3, 0.4) is 0 Å². The van der Waals surface area contributed by atoms with Gasteiger partial charge in [0.25, 0.3) is 0 Å². The number of nitrogens with one attached hydrogen (secondary N) is 2. The van der Waals surface area contributed by atoms with Crippen LogP contribution in [-0.2, 0) is 9.59 Å². The number of para-hydroxylation sites is 1. The van der Waals surface area contributed by atoms with E-state index in [9.17, 15) is 22.8 Å². The standard InChI is InChI=1S/C24H26ClF3N4O3/c25-19-13-16(8-9-17(19)18-5-1-2-7-21(18)35-24(26,27)28)30-23(34)20-6-3-4-11-32(20)22(33)14-31-12-10-29-15-31/h1-2,5,7-9,13,20,29H,3-4,6,10-12,14-15H2,(H,30,34). The van der Waals surface area contributed by atoms with Crippen LogP contribution in [0, 0.1) is 0 Å². The second-order valence-corrected chi connectivity index (χ2v) is 8.94. The number of nitrogens with zero attached hydrogens (tertiary/aromatic N) is 2. The number of anilines is 1. The molecule has 0 bridgehead atoms. The van der Waals surface area contributed by atoms with Crippen LogP contribution >= 0.6 is 11.6 Å². The highest BCUT2D eigenvalue weighted by Crippen LogP contribution is 2.38. The largest absolute Gasteiger partial charge is 0.573 e. The molecule has 188 valence electrons. The van der Waals surface area contributed by atoms with Gasteiger partial charge in [0.1, 0.15) is 11.8 Å². The first-order valence-corrected chi connectivity index (χ1v) is 11.8. The van der Waals surface area contributed by atoms with Gasteiger partial charge in [0.05, 0.1) is 11.6 Å². The maximum Gasteiger partial charge on any atom is 0.573 e. The molecule has 0 spiro atoms. The molecule has 2 aromatic rings. The van der Waals surface area contributed by atoms with E-state index in [2.05, 4.69) is 15.4 Å². The Bertz CT molecular complexity index is 1080. The highest BCUT2D eigenvalue weighted by molar-refractivity contribution is 6.33. The van der Waals surface area contributed by atoms with Gasteiger partial charge in [0.15, 0.2) is 0 Å². The molecule has 0 aromatic heterocycles. The second kappa shape index (κ2) is 10.8. The normalized spacial score (nSPS) is 19.0. The summed E-state index contributed by atoms with van der Waals surface area (Å²) in [4.78, 5) is 29.6. The van der Waals surface area contributed by atoms with Crippen molar-refractivity contribution in [3.05, 3.63) is 47.5 Å². The minimum Gasteiger partial charge on any atom is -0.405 e. The molecular weight excluding hydrogens is 485 g/mol. The summed E-state index contributed by atoms with van der Waals surface area (Å²) in [5.74, 6) is -0.770. The van der Waals surface area contributed by atoms with Crippen LogP contribution in [0.25, 0.3) is 11.1 Å². The number of piperidine rings is 1. The maximum absolute atomic E-state index is 13.1. The number of hydrogen-bond donors (Lipinski definition) is 2. The molecule has 0 saturated carbocycles. The minimum absolute atomic E-state index is 0.0804. The first kappa shape index (κ1) is 25.3. The summed E-state index contributed by atoms with van der Waals surface area (Å²) >= 11 is 6.39. The van der Waals surface area contributed by atoms with Crippen molar-refractivity contribution in [3.8, 4) is 16.9 Å². The Hall–Kier alpha value is -2.82. The van der Waals surface area contributed by atoms with Gasteiger partial charge in [-0.1, -0.05) is 35.9 Å². The molecule has 2 fully saturated rings. The Morgan fingerprint density at radius 1 is 1.11 bits per heavy atom. The number of ether oxygens (including phenoxy) is 1. The summed E-state index contributed by atoms with van der Waals surface area (Å²) in [5.41, 5.74) is 0.894. The fourth-order valence-electron chi connectivity index (χ4n) is 4.41. The van der Waals surface area contributed by atoms with Gasteiger partial charge < -0.3 is 20.3 Å². The number of alkyl halides is 3. The van der Waals surface area contributed by atoms with Crippen molar-refractivity contribution in [3.63, 3.8) is 0 Å². The summed E-state index contributed by atoms with van der Waals surface area (Å²) in [6.45, 7) is 3.06. The van der Waals surface area contributed by atoms with Gasteiger partial charge in [-0.05, 0) is 37.5 Å². The zero-order chi connectivity index (χ0) is 25.0. The predicted molar refractivity (Wildman–Crippen MR) is 126 cm³/mol. The van der Waals surface area contributed by atoms with Crippen molar-refractivity contribution in [1.29, 1.82) is 0 Å². The highest BCUT2D eigenvalue weighted by atomic mass is 35.5. The van der Waals surface area contributed by atoms with E-state index >= 15 is 0 Å². The molecule has 1 unspecified atom stereocenters. The SMILES string of the molecule is O=C(Nc1ccc(-c2ccccc2OC(F)(F)F)c(Cl)c1)C1CCCCN1C(=O)CN1CCNC1. The number of halogens is 4. The van der Waals surface area contributed by atoms with Gasteiger partial charge in [-0.25, -0.2) is 0 Å². The molecule has 2 saturated heterocycles. The van der Waals surface area contributed by atoms with Gasteiger partial charge in [-0.3, -0.25) is 14.5 Å². The Labute approximate surface area is 206 Å². The number of benzene rings is 2. The molecule has 2 amide bonds. The van der Waals surface area contributed by atoms with Crippen LogP contribution in [0.4, 0.5) is 18.9 Å². The third-order valence-electron chi connectivity index (χ3n) is 6.06. The molecule has 2 N–H and O–H groups in total. The van der Waals surface area contributed by atoms with Crippen molar-refractivity contribution in [1.82, 2.24) is 15.1 Å². The molecule has 2 aliphatic rings. The molecule has 11 heteroatoms. The van der Waals surface area contributed by atoms with Crippen LogP contribution in [0.15, 0.2) is 42.5 Å². The zero-order valence-electron chi connectivity index (χ0n) is 18.9. The van der Waals surface area contributed by atoms with E-state index in [1.807, 2.05) is 4.90 Å². The topological polar surface area (TPSA) is 73.9 Å². The summed E-state index contributed by atoms with van der Waals surface area (Å²) < 4.78 is 42.5. The van der Waals surface area contributed by atoms with Crippen LogP contribution in [-0.4, -0.2) is 66.9 Å². The van der Waals surface area contributed by atoms with Crippen LogP contribution in [0.5, 0.6) is 5.75 Å². The van der Waals surface area contributed by atoms with E-state index in [-0.39, 0.29) is 34.7 Å². The van der Waals surface area contributed by atoms with Gasteiger partial charge in [0, 0.05) is 43.1 Å². The van der Waals surface area contributed by atoms with Crippen molar-refractivity contribution < 1.29 is 27.5 Å². The number of likely N-dealkylation sites (tertiary alicyclic amines) is 1. The van der Waals surface area contributed by atoms with Gasteiger partial charge in [-0.2, -0.15) is 0 Å². The van der Waals surface area contributed by atoms with Crippen LogP contribution in [0.2, 0.25) is 5.02 Å². The Balaban J connectivity index is 1.47. The molecule has 2 aromatic carbocycles.